The van der Waals surface area contributed by atoms with Crippen molar-refractivity contribution in [2.45, 2.75) is 13.0 Å². The van der Waals surface area contributed by atoms with Crippen LogP contribution in [0.2, 0.25) is 10.0 Å². The van der Waals surface area contributed by atoms with Gasteiger partial charge in [0.2, 0.25) is 0 Å². The van der Waals surface area contributed by atoms with Gasteiger partial charge in [-0.25, -0.2) is 0 Å². The van der Waals surface area contributed by atoms with Crippen LogP contribution in [0, 0.1) is 0 Å². The molecular weight excluding hydrogens is 437 g/mol. The molecule has 0 atom stereocenters. The van der Waals surface area contributed by atoms with Crippen LogP contribution in [0.3, 0.4) is 0 Å². The van der Waals surface area contributed by atoms with Crippen LogP contribution in [0.15, 0.2) is 60.9 Å². The van der Waals surface area contributed by atoms with Gasteiger partial charge in [0, 0.05) is 24.4 Å². The fourth-order valence-electron chi connectivity index (χ4n) is 2.60. The topological polar surface area (TPSA) is 60.5 Å². The van der Waals surface area contributed by atoms with Crippen LogP contribution in [0.4, 0.5) is 14.5 Å². The molecule has 0 fully saturated rings. The fourth-order valence-corrected chi connectivity index (χ4v) is 3.05. The summed E-state index contributed by atoms with van der Waals surface area (Å²) < 4.78 is 35.6. The lowest BCUT2D eigenvalue weighted by Gasteiger charge is -2.14. The molecule has 5 nitrogen and oxygen atoms in total. The number of rotatable bonds is 8. The lowest BCUT2D eigenvalue weighted by molar-refractivity contribution is -0.0514. The largest absolute Gasteiger partial charge is 0.489 e. The molecule has 0 unspecified atom stereocenters. The Morgan fingerprint density at radius 3 is 2.40 bits per heavy atom. The number of nitrogens with zero attached hydrogens (tertiary/aromatic N) is 1. The monoisotopic (exact) mass is 452 g/mol. The number of aromatic nitrogens is 1. The zero-order valence-electron chi connectivity index (χ0n) is 15.4. The predicted molar refractivity (Wildman–Crippen MR) is 111 cm³/mol. The number of carbonyl (C=O) groups excluding carboxylic acids is 1. The molecule has 3 aromatic rings. The van der Waals surface area contributed by atoms with Crippen molar-refractivity contribution in [1.29, 1.82) is 0 Å². The van der Waals surface area contributed by atoms with Gasteiger partial charge in [0.05, 0.1) is 22.3 Å². The van der Waals surface area contributed by atoms with Crippen molar-refractivity contribution < 1.29 is 23.0 Å². The minimum atomic E-state index is -3.03. The van der Waals surface area contributed by atoms with E-state index < -0.39 is 12.5 Å². The molecule has 0 saturated heterocycles. The quantitative estimate of drug-likeness (QED) is 0.464. The number of hydrogen-bond donors (Lipinski definition) is 1. The summed E-state index contributed by atoms with van der Waals surface area (Å²) in [4.78, 5) is 16.4. The van der Waals surface area contributed by atoms with Crippen LogP contribution in [-0.2, 0) is 6.42 Å². The van der Waals surface area contributed by atoms with E-state index >= 15 is 0 Å². The Labute approximate surface area is 181 Å². The summed E-state index contributed by atoms with van der Waals surface area (Å²) in [6, 6.07) is 13.4. The zero-order chi connectivity index (χ0) is 21.5. The minimum Gasteiger partial charge on any atom is -0.489 e. The number of pyridine rings is 1. The van der Waals surface area contributed by atoms with E-state index in [1.165, 1.54) is 30.6 Å². The van der Waals surface area contributed by atoms with Crippen molar-refractivity contribution >= 4 is 34.8 Å². The maximum absolute atomic E-state index is 12.7. The van der Waals surface area contributed by atoms with E-state index in [0.29, 0.717) is 6.42 Å². The SMILES string of the molecule is O=C(Nc1c(Cl)cncc1Cl)c1ccc(OC(F)F)c(OCCc2ccccc2)c1. The highest BCUT2D eigenvalue weighted by atomic mass is 35.5. The number of ether oxygens (including phenoxy) is 2. The first-order valence-corrected chi connectivity index (χ1v) is 9.55. The normalized spacial score (nSPS) is 10.7. The Morgan fingerprint density at radius 1 is 1.03 bits per heavy atom. The first-order chi connectivity index (χ1) is 14.4. The molecule has 30 heavy (non-hydrogen) atoms. The van der Waals surface area contributed by atoms with Crippen molar-refractivity contribution in [2.24, 2.45) is 0 Å². The number of hydrogen-bond acceptors (Lipinski definition) is 4. The van der Waals surface area contributed by atoms with Crippen LogP contribution in [0.25, 0.3) is 0 Å². The third-order valence-corrected chi connectivity index (χ3v) is 4.58. The van der Waals surface area contributed by atoms with E-state index in [1.54, 1.807) is 0 Å². The standard InChI is InChI=1S/C21H16Cl2F2N2O3/c22-15-11-26-12-16(23)19(15)27-20(28)14-6-7-17(30-21(24)25)18(10-14)29-9-8-13-4-2-1-3-5-13/h1-7,10-12,21H,8-9H2,(H,26,27,28). The Kier molecular flexibility index (Phi) is 7.43. The first kappa shape index (κ1) is 21.8. The Morgan fingerprint density at radius 2 is 1.73 bits per heavy atom. The maximum atomic E-state index is 12.7. The number of alkyl halides is 2. The number of benzene rings is 2. The number of halogens is 4. The van der Waals surface area contributed by atoms with Crippen LogP contribution >= 0.6 is 23.2 Å². The second-order valence-corrected chi connectivity index (χ2v) is 6.87. The number of anilines is 1. The lowest BCUT2D eigenvalue weighted by atomic mass is 10.1. The highest BCUT2D eigenvalue weighted by Gasteiger charge is 2.17. The van der Waals surface area contributed by atoms with Crippen molar-refractivity contribution in [2.75, 3.05) is 11.9 Å². The van der Waals surface area contributed by atoms with Crippen LogP contribution < -0.4 is 14.8 Å². The summed E-state index contributed by atoms with van der Waals surface area (Å²) >= 11 is 12.0. The summed E-state index contributed by atoms with van der Waals surface area (Å²) in [7, 11) is 0. The maximum Gasteiger partial charge on any atom is 0.387 e. The summed E-state index contributed by atoms with van der Waals surface area (Å²) in [5, 5.41) is 2.90. The molecule has 1 aromatic heterocycles. The fraction of sp³-hybridized carbons (Fsp3) is 0.143. The van der Waals surface area contributed by atoms with Gasteiger partial charge in [0.25, 0.3) is 5.91 Å². The van der Waals surface area contributed by atoms with Gasteiger partial charge in [0.1, 0.15) is 0 Å². The number of nitrogens with one attached hydrogen (secondary N) is 1. The third-order valence-electron chi connectivity index (χ3n) is 4.01. The zero-order valence-corrected chi connectivity index (χ0v) is 17.0. The highest BCUT2D eigenvalue weighted by Crippen LogP contribution is 2.32. The molecule has 156 valence electrons. The molecule has 0 spiro atoms. The molecule has 1 N–H and O–H groups in total. The van der Waals surface area contributed by atoms with Gasteiger partial charge in [-0.3, -0.25) is 9.78 Å². The van der Waals surface area contributed by atoms with Gasteiger partial charge >= 0.3 is 6.61 Å². The Bertz CT molecular complexity index is 1000. The summed E-state index contributed by atoms with van der Waals surface area (Å²) in [6.45, 7) is -2.83. The van der Waals surface area contributed by atoms with E-state index in [2.05, 4.69) is 15.0 Å². The molecule has 0 saturated carbocycles. The molecule has 2 aromatic carbocycles. The van der Waals surface area contributed by atoms with Crippen molar-refractivity contribution in [3.63, 3.8) is 0 Å². The average Bonchev–Trinajstić information content (AvgIpc) is 2.72. The molecule has 0 aliphatic heterocycles. The van der Waals surface area contributed by atoms with Crippen molar-refractivity contribution in [1.82, 2.24) is 4.98 Å². The van der Waals surface area contributed by atoms with E-state index in [4.69, 9.17) is 27.9 Å². The van der Waals surface area contributed by atoms with Crippen LogP contribution in [0.5, 0.6) is 11.5 Å². The van der Waals surface area contributed by atoms with Gasteiger partial charge in [0.15, 0.2) is 11.5 Å². The van der Waals surface area contributed by atoms with Gasteiger partial charge < -0.3 is 14.8 Å². The summed E-state index contributed by atoms with van der Waals surface area (Å²) in [6.07, 6.45) is 3.22. The van der Waals surface area contributed by atoms with Gasteiger partial charge in [-0.15, -0.1) is 0 Å². The molecule has 1 heterocycles. The smallest absolute Gasteiger partial charge is 0.387 e. The molecule has 0 aliphatic carbocycles. The van der Waals surface area contributed by atoms with Crippen LogP contribution in [-0.4, -0.2) is 24.1 Å². The molecule has 0 aliphatic rings. The molecule has 3 rings (SSSR count). The Balaban J connectivity index is 1.78. The van der Waals surface area contributed by atoms with Crippen LogP contribution in [0.1, 0.15) is 15.9 Å². The number of carbonyl (C=O) groups is 1. The van der Waals surface area contributed by atoms with Gasteiger partial charge in [-0.2, -0.15) is 8.78 Å². The van der Waals surface area contributed by atoms with Crippen molar-refractivity contribution in [3.8, 4) is 11.5 Å². The first-order valence-electron chi connectivity index (χ1n) is 8.80. The second kappa shape index (κ2) is 10.2. The predicted octanol–water partition coefficient (Wildman–Crippen LogP) is 5.86. The molecule has 1 amide bonds. The van der Waals surface area contributed by atoms with Gasteiger partial charge in [-0.1, -0.05) is 53.5 Å². The molecule has 0 bridgehead atoms. The lowest BCUT2D eigenvalue weighted by Crippen LogP contribution is -2.14. The minimum absolute atomic E-state index is 0.0193. The summed E-state index contributed by atoms with van der Waals surface area (Å²) in [5.74, 6) is -0.707. The Hall–Kier alpha value is -2.90. The van der Waals surface area contributed by atoms with Crippen molar-refractivity contribution in [3.05, 3.63) is 82.1 Å². The average molecular weight is 453 g/mol. The van der Waals surface area contributed by atoms with E-state index in [-0.39, 0.29) is 39.4 Å². The van der Waals surface area contributed by atoms with E-state index in [1.807, 2.05) is 30.3 Å². The van der Waals surface area contributed by atoms with E-state index in [9.17, 15) is 13.6 Å². The number of amides is 1. The highest BCUT2D eigenvalue weighted by molar-refractivity contribution is 6.39. The second-order valence-electron chi connectivity index (χ2n) is 6.06. The molecule has 9 heteroatoms. The third kappa shape index (κ3) is 5.81. The molecule has 0 radical (unpaired) electrons. The van der Waals surface area contributed by atoms with E-state index in [0.717, 1.165) is 5.56 Å². The molecular formula is C21H16Cl2F2N2O3. The van der Waals surface area contributed by atoms with Gasteiger partial charge in [-0.05, 0) is 23.8 Å². The summed E-state index contributed by atoms with van der Waals surface area (Å²) in [5.41, 5.74) is 1.36.